The molecule has 2 amide bonds. The van der Waals surface area contributed by atoms with Crippen LogP contribution >= 0.6 is 11.3 Å². The van der Waals surface area contributed by atoms with Crippen LogP contribution in [-0.2, 0) is 4.74 Å². The molecule has 2 unspecified atom stereocenters. The number of piperazine rings is 1. The summed E-state index contributed by atoms with van der Waals surface area (Å²) in [6.45, 7) is 8.33. The number of hydrogen-bond donors (Lipinski definition) is 1. The van der Waals surface area contributed by atoms with Crippen molar-refractivity contribution in [2.24, 2.45) is 11.8 Å². The van der Waals surface area contributed by atoms with Gasteiger partial charge in [0.1, 0.15) is 17.2 Å². The Morgan fingerprint density at radius 2 is 1.70 bits per heavy atom. The molecule has 10 heteroatoms. The molecule has 212 valence electrons. The lowest BCUT2D eigenvalue weighted by Gasteiger charge is -2.36. The Morgan fingerprint density at radius 1 is 1.00 bits per heavy atom. The number of ether oxygens (including phenoxy) is 1. The van der Waals surface area contributed by atoms with E-state index in [1.165, 1.54) is 24.8 Å². The molecular weight excluding hydrogens is 524 g/mol. The topological polar surface area (TPSA) is 90.9 Å². The number of thiophene rings is 1. The maximum Gasteiger partial charge on any atom is 0.410 e. The van der Waals surface area contributed by atoms with Gasteiger partial charge in [0.2, 0.25) is 0 Å². The van der Waals surface area contributed by atoms with E-state index in [9.17, 15) is 9.59 Å². The van der Waals surface area contributed by atoms with Crippen LogP contribution in [0.15, 0.2) is 30.6 Å². The van der Waals surface area contributed by atoms with Crippen LogP contribution in [-0.4, -0.2) is 77.6 Å². The molecule has 2 atom stereocenters. The van der Waals surface area contributed by atoms with Gasteiger partial charge in [0.25, 0.3) is 5.91 Å². The van der Waals surface area contributed by atoms with Crippen molar-refractivity contribution in [3.63, 3.8) is 0 Å². The summed E-state index contributed by atoms with van der Waals surface area (Å²) < 4.78 is 6.56. The van der Waals surface area contributed by atoms with Gasteiger partial charge < -0.3 is 24.8 Å². The molecule has 3 fully saturated rings. The van der Waals surface area contributed by atoms with Gasteiger partial charge in [-0.05, 0) is 81.5 Å². The third-order valence-corrected chi connectivity index (χ3v) is 9.31. The molecule has 3 aromatic rings. The first kappa shape index (κ1) is 26.8. The summed E-state index contributed by atoms with van der Waals surface area (Å²) in [7, 11) is 3.65. The number of amides is 2. The number of anilines is 3. The van der Waals surface area contributed by atoms with Crippen LogP contribution in [0.25, 0.3) is 10.1 Å². The Kier molecular flexibility index (Phi) is 6.84. The van der Waals surface area contributed by atoms with Crippen molar-refractivity contribution in [3.8, 4) is 0 Å². The van der Waals surface area contributed by atoms with Gasteiger partial charge in [-0.3, -0.25) is 4.79 Å². The molecule has 0 bridgehead atoms. The van der Waals surface area contributed by atoms with E-state index in [-0.39, 0.29) is 12.0 Å². The highest BCUT2D eigenvalue weighted by molar-refractivity contribution is 7.21. The fraction of sp³-hybridized carbons (Fsp3) is 0.533. The fourth-order valence-corrected chi connectivity index (χ4v) is 7.32. The number of fused-ring (bicyclic) bond motifs is 2. The Labute approximate surface area is 239 Å². The van der Waals surface area contributed by atoms with Crippen LogP contribution in [0.2, 0.25) is 0 Å². The summed E-state index contributed by atoms with van der Waals surface area (Å²) in [5.41, 5.74) is 1.74. The molecule has 4 heterocycles. The monoisotopic (exact) mass is 562 g/mol. The lowest BCUT2D eigenvalue weighted by molar-refractivity contribution is 0.0240. The van der Waals surface area contributed by atoms with Crippen LogP contribution in [0.1, 0.15) is 61.2 Å². The summed E-state index contributed by atoms with van der Waals surface area (Å²) in [4.78, 5) is 41.3. The number of hydrogen-bond acceptors (Lipinski definition) is 8. The average Bonchev–Trinajstić information content (AvgIpc) is 3.34. The Morgan fingerprint density at radius 3 is 2.33 bits per heavy atom. The minimum atomic E-state index is -0.492. The second kappa shape index (κ2) is 10.2. The summed E-state index contributed by atoms with van der Waals surface area (Å²) >= 11 is 1.57. The standard InChI is InChI=1S/C30H38N6O3S/c1-30(2,3)39-29(38)36-10-8-35(9-11-36)21-6-7-24(31-16-21)33-25-15-22-23(17-32-25)40-27(28(37)34(4)5)26(22)20-13-18-12-19(18)14-20/h6-7,15-20H,8-14H2,1-5H3,(H,31,32,33). The summed E-state index contributed by atoms with van der Waals surface area (Å²) in [5, 5.41) is 4.50. The Bertz CT molecular complexity index is 1410. The van der Waals surface area contributed by atoms with Crippen LogP contribution in [0.3, 0.4) is 0 Å². The minimum absolute atomic E-state index is 0.0791. The Hall–Kier alpha value is -3.40. The molecule has 2 saturated carbocycles. The SMILES string of the molecule is CN(C)C(=O)c1sc2cnc(Nc3ccc(N4CCN(C(=O)OC(C)(C)C)CC4)cn3)cc2c1C1CC2CC2C1. The number of nitrogens with one attached hydrogen (secondary N) is 1. The number of carbonyl (C=O) groups is 2. The van der Waals surface area contributed by atoms with Crippen LogP contribution < -0.4 is 10.2 Å². The predicted octanol–water partition coefficient (Wildman–Crippen LogP) is 5.71. The lowest BCUT2D eigenvalue weighted by Crippen LogP contribution is -2.50. The molecule has 1 aliphatic heterocycles. The molecule has 0 aromatic carbocycles. The van der Waals surface area contributed by atoms with E-state index >= 15 is 0 Å². The zero-order valence-electron chi connectivity index (χ0n) is 23.9. The normalized spacial score (nSPS) is 22.3. The molecule has 3 aromatic heterocycles. The van der Waals surface area contributed by atoms with Crippen LogP contribution in [0, 0.1) is 11.8 Å². The second-order valence-corrected chi connectivity index (χ2v) is 13.6. The van der Waals surface area contributed by atoms with Gasteiger partial charge in [0.05, 0.1) is 21.5 Å². The van der Waals surface area contributed by atoms with E-state index in [1.54, 1.807) is 21.1 Å². The summed E-state index contributed by atoms with van der Waals surface area (Å²) in [5.74, 6) is 3.64. The molecule has 2 aliphatic carbocycles. The summed E-state index contributed by atoms with van der Waals surface area (Å²) in [6.07, 6.45) is 7.20. The van der Waals surface area contributed by atoms with Crippen molar-refractivity contribution in [2.75, 3.05) is 50.5 Å². The van der Waals surface area contributed by atoms with E-state index in [4.69, 9.17) is 4.74 Å². The first-order chi connectivity index (χ1) is 19.1. The molecule has 40 heavy (non-hydrogen) atoms. The highest BCUT2D eigenvalue weighted by atomic mass is 32.1. The number of carbonyl (C=O) groups excluding carboxylic acids is 2. The van der Waals surface area contributed by atoms with E-state index in [0.717, 1.165) is 51.4 Å². The van der Waals surface area contributed by atoms with E-state index in [0.29, 0.717) is 24.8 Å². The fourth-order valence-electron chi connectivity index (χ4n) is 6.06. The third-order valence-electron chi connectivity index (χ3n) is 8.17. The first-order valence-electron chi connectivity index (χ1n) is 14.2. The average molecular weight is 563 g/mol. The molecule has 6 rings (SSSR count). The van der Waals surface area contributed by atoms with Crippen molar-refractivity contribution in [1.29, 1.82) is 0 Å². The molecule has 1 N–H and O–H groups in total. The molecule has 0 radical (unpaired) electrons. The van der Waals surface area contributed by atoms with Crippen molar-refractivity contribution in [1.82, 2.24) is 19.8 Å². The summed E-state index contributed by atoms with van der Waals surface area (Å²) in [6, 6.07) is 6.09. The number of pyridine rings is 2. The van der Waals surface area contributed by atoms with Crippen LogP contribution in [0.4, 0.5) is 22.1 Å². The number of aromatic nitrogens is 2. The second-order valence-electron chi connectivity index (χ2n) is 12.5. The van der Waals surface area contributed by atoms with Crippen molar-refractivity contribution in [2.45, 2.75) is 51.6 Å². The van der Waals surface area contributed by atoms with Crippen molar-refractivity contribution in [3.05, 3.63) is 41.0 Å². The van der Waals surface area contributed by atoms with Gasteiger partial charge in [-0.15, -0.1) is 11.3 Å². The van der Waals surface area contributed by atoms with E-state index in [1.807, 2.05) is 59.4 Å². The number of rotatable bonds is 5. The van der Waals surface area contributed by atoms with Gasteiger partial charge in [-0.1, -0.05) is 0 Å². The maximum absolute atomic E-state index is 13.1. The minimum Gasteiger partial charge on any atom is -0.444 e. The molecular formula is C30H38N6O3S. The van der Waals surface area contributed by atoms with Crippen LogP contribution in [0.5, 0.6) is 0 Å². The van der Waals surface area contributed by atoms with Gasteiger partial charge >= 0.3 is 6.09 Å². The zero-order chi connectivity index (χ0) is 28.2. The predicted molar refractivity (Wildman–Crippen MR) is 159 cm³/mol. The van der Waals surface area contributed by atoms with E-state index < -0.39 is 5.60 Å². The van der Waals surface area contributed by atoms with Crippen molar-refractivity contribution >= 4 is 50.7 Å². The first-order valence-corrected chi connectivity index (χ1v) is 15.0. The largest absolute Gasteiger partial charge is 0.444 e. The molecule has 9 nitrogen and oxygen atoms in total. The smallest absolute Gasteiger partial charge is 0.410 e. The highest BCUT2D eigenvalue weighted by Gasteiger charge is 2.47. The molecule has 0 spiro atoms. The highest BCUT2D eigenvalue weighted by Crippen LogP contribution is 2.59. The Balaban J connectivity index is 1.15. The third kappa shape index (κ3) is 5.46. The molecule has 3 aliphatic rings. The van der Waals surface area contributed by atoms with Gasteiger partial charge in [0.15, 0.2) is 0 Å². The lowest BCUT2D eigenvalue weighted by atomic mass is 9.91. The van der Waals surface area contributed by atoms with Gasteiger partial charge in [0, 0.05) is 51.9 Å². The number of nitrogens with zero attached hydrogens (tertiary/aromatic N) is 5. The quantitative estimate of drug-likeness (QED) is 0.426. The van der Waals surface area contributed by atoms with Crippen molar-refractivity contribution < 1.29 is 14.3 Å². The van der Waals surface area contributed by atoms with Gasteiger partial charge in [-0.25, -0.2) is 14.8 Å². The zero-order valence-corrected chi connectivity index (χ0v) is 24.8. The maximum atomic E-state index is 13.1. The van der Waals surface area contributed by atoms with Gasteiger partial charge in [-0.2, -0.15) is 0 Å². The van der Waals surface area contributed by atoms with E-state index in [2.05, 4.69) is 26.3 Å². The molecule has 1 saturated heterocycles.